The third kappa shape index (κ3) is 2.36. The SMILES string of the molecule is CCc1sc2cc(C3=CC=CCS3)ccc2c(=O)c1C. The molecule has 0 saturated heterocycles. The van der Waals surface area contributed by atoms with Crippen LogP contribution < -0.4 is 5.43 Å². The number of aryl methyl sites for hydroxylation is 1. The Kier molecular flexibility index (Phi) is 3.81. The number of hydrogen-bond donors (Lipinski definition) is 0. The maximum atomic E-state index is 12.4. The molecule has 0 saturated carbocycles. The van der Waals surface area contributed by atoms with Crippen LogP contribution in [0.2, 0.25) is 0 Å². The Labute approximate surface area is 127 Å². The zero-order valence-electron chi connectivity index (χ0n) is 11.6. The van der Waals surface area contributed by atoms with Crippen molar-refractivity contribution in [1.82, 2.24) is 0 Å². The van der Waals surface area contributed by atoms with Crippen molar-refractivity contribution in [2.45, 2.75) is 20.3 Å². The lowest BCUT2D eigenvalue weighted by molar-refractivity contribution is 1.15. The molecule has 20 heavy (non-hydrogen) atoms. The molecule has 2 aromatic rings. The van der Waals surface area contributed by atoms with Gasteiger partial charge in [-0.2, -0.15) is 0 Å². The van der Waals surface area contributed by atoms with E-state index in [1.54, 1.807) is 11.3 Å². The van der Waals surface area contributed by atoms with Crippen molar-refractivity contribution in [2.75, 3.05) is 5.75 Å². The van der Waals surface area contributed by atoms with Crippen LogP contribution >= 0.6 is 23.1 Å². The lowest BCUT2D eigenvalue weighted by atomic mass is 10.1. The molecule has 0 fully saturated rings. The molecule has 0 aliphatic carbocycles. The third-order valence-corrected chi connectivity index (χ3v) is 5.98. The van der Waals surface area contributed by atoms with Crippen LogP contribution in [0, 0.1) is 6.92 Å². The molecule has 1 aliphatic heterocycles. The van der Waals surface area contributed by atoms with Crippen LogP contribution in [0.25, 0.3) is 15.0 Å². The van der Waals surface area contributed by atoms with Gasteiger partial charge >= 0.3 is 0 Å². The number of hydrogen-bond acceptors (Lipinski definition) is 3. The van der Waals surface area contributed by atoms with Crippen molar-refractivity contribution in [2.24, 2.45) is 0 Å². The van der Waals surface area contributed by atoms with Crippen molar-refractivity contribution >= 4 is 38.1 Å². The number of rotatable bonds is 2. The van der Waals surface area contributed by atoms with Gasteiger partial charge in [-0.25, -0.2) is 0 Å². The molecule has 1 aromatic heterocycles. The second kappa shape index (κ2) is 5.58. The summed E-state index contributed by atoms with van der Waals surface area (Å²) >= 11 is 3.59. The molecule has 1 aromatic carbocycles. The summed E-state index contributed by atoms with van der Waals surface area (Å²) in [7, 11) is 0. The summed E-state index contributed by atoms with van der Waals surface area (Å²) in [4.78, 5) is 14.9. The van der Waals surface area contributed by atoms with Gasteiger partial charge in [-0.15, -0.1) is 23.1 Å². The third-order valence-electron chi connectivity index (χ3n) is 3.54. The maximum absolute atomic E-state index is 12.4. The van der Waals surface area contributed by atoms with E-state index in [-0.39, 0.29) is 5.43 Å². The summed E-state index contributed by atoms with van der Waals surface area (Å²) in [5.41, 5.74) is 2.31. The first-order chi connectivity index (χ1) is 9.70. The molecule has 0 unspecified atom stereocenters. The van der Waals surface area contributed by atoms with E-state index in [1.165, 1.54) is 15.3 Å². The molecule has 102 valence electrons. The number of benzene rings is 1. The van der Waals surface area contributed by atoms with Gasteiger partial charge in [-0.05, 0) is 37.1 Å². The minimum absolute atomic E-state index is 0.187. The first kappa shape index (κ1) is 13.7. The highest BCUT2D eigenvalue weighted by atomic mass is 32.2. The molecule has 3 heteroatoms. The number of fused-ring (bicyclic) bond motifs is 1. The van der Waals surface area contributed by atoms with Crippen LogP contribution in [0.15, 0.2) is 41.2 Å². The summed E-state index contributed by atoms with van der Waals surface area (Å²) < 4.78 is 1.10. The Balaban J connectivity index is 2.21. The highest BCUT2D eigenvalue weighted by Gasteiger charge is 2.10. The second-order valence-corrected chi connectivity index (χ2v) is 7.01. The van der Waals surface area contributed by atoms with Gasteiger partial charge in [0.15, 0.2) is 5.43 Å². The summed E-state index contributed by atoms with van der Waals surface area (Å²) in [5, 5.41) is 0.852. The van der Waals surface area contributed by atoms with Crippen LogP contribution in [0.3, 0.4) is 0 Å². The summed E-state index contributed by atoms with van der Waals surface area (Å²) in [6.07, 6.45) is 7.33. The second-order valence-electron chi connectivity index (χ2n) is 4.81. The maximum Gasteiger partial charge on any atom is 0.191 e. The van der Waals surface area contributed by atoms with E-state index in [0.29, 0.717) is 0 Å². The Morgan fingerprint density at radius 3 is 2.85 bits per heavy atom. The first-order valence-corrected chi connectivity index (χ1v) is 8.57. The molecule has 3 rings (SSSR count). The van der Waals surface area contributed by atoms with Gasteiger partial charge in [-0.1, -0.05) is 25.1 Å². The van der Waals surface area contributed by atoms with Crippen LogP contribution in [-0.4, -0.2) is 5.75 Å². The predicted molar refractivity (Wildman–Crippen MR) is 91.8 cm³/mol. The topological polar surface area (TPSA) is 17.1 Å². The van der Waals surface area contributed by atoms with Gasteiger partial charge in [-0.3, -0.25) is 4.79 Å². The molecule has 0 atom stereocenters. The fourth-order valence-corrected chi connectivity index (χ4v) is 4.37. The van der Waals surface area contributed by atoms with E-state index in [1.807, 2.05) is 24.8 Å². The van der Waals surface area contributed by atoms with Gasteiger partial charge in [0.1, 0.15) is 0 Å². The molecule has 0 spiro atoms. The number of allylic oxidation sites excluding steroid dienone is 2. The van der Waals surface area contributed by atoms with E-state index < -0.39 is 0 Å². The fraction of sp³-hybridized carbons (Fsp3) is 0.235. The van der Waals surface area contributed by atoms with E-state index in [0.717, 1.165) is 27.8 Å². The van der Waals surface area contributed by atoms with Gasteiger partial charge in [0.05, 0.1) is 0 Å². The molecule has 0 bridgehead atoms. The molecule has 2 heterocycles. The van der Waals surface area contributed by atoms with E-state index in [9.17, 15) is 4.79 Å². The van der Waals surface area contributed by atoms with Gasteiger partial charge in [0, 0.05) is 31.2 Å². The summed E-state index contributed by atoms with van der Waals surface area (Å²) in [6, 6.07) is 6.22. The fourth-order valence-electron chi connectivity index (χ4n) is 2.40. The smallest absolute Gasteiger partial charge is 0.191 e. The van der Waals surface area contributed by atoms with Crippen molar-refractivity contribution in [3.8, 4) is 0 Å². The lowest BCUT2D eigenvalue weighted by Gasteiger charge is -2.10. The zero-order chi connectivity index (χ0) is 14.1. The van der Waals surface area contributed by atoms with Crippen LogP contribution in [0.4, 0.5) is 0 Å². The van der Waals surface area contributed by atoms with Crippen LogP contribution in [0.5, 0.6) is 0 Å². The Bertz CT molecular complexity index is 781. The van der Waals surface area contributed by atoms with Crippen molar-refractivity contribution < 1.29 is 0 Å². The predicted octanol–water partition coefficient (Wildman–Crippen LogP) is 4.78. The minimum Gasteiger partial charge on any atom is -0.289 e. The minimum atomic E-state index is 0.187. The monoisotopic (exact) mass is 300 g/mol. The van der Waals surface area contributed by atoms with E-state index in [4.69, 9.17) is 0 Å². The Hall–Kier alpha value is -1.32. The Morgan fingerprint density at radius 2 is 2.15 bits per heavy atom. The first-order valence-electron chi connectivity index (χ1n) is 6.77. The van der Waals surface area contributed by atoms with Crippen molar-refractivity contribution in [1.29, 1.82) is 0 Å². The zero-order valence-corrected chi connectivity index (χ0v) is 13.2. The quantitative estimate of drug-likeness (QED) is 0.794. The van der Waals surface area contributed by atoms with Gasteiger partial charge < -0.3 is 0 Å². The normalized spacial score (nSPS) is 14.6. The summed E-state index contributed by atoms with van der Waals surface area (Å²) in [6.45, 7) is 4.05. The highest BCUT2D eigenvalue weighted by Crippen LogP contribution is 2.33. The molecular weight excluding hydrogens is 284 g/mol. The molecule has 1 aliphatic rings. The van der Waals surface area contributed by atoms with Gasteiger partial charge in [0.2, 0.25) is 0 Å². The summed E-state index contributed by atoms with van der Waals surface area (Å²) in [5.74, 6) is 1.02. The molecule has 0 radical (unpaired) electrons. The largest absolute Gasteiger partial charge is 0.289 e. The van der Waals surface area contributed by atoms with E-state index in [2.05, 4.69) is 37.3 Å². The standard InChI is InChI=1S/C17H16OS2/c1-3-14-11(2)17(18)13-8-7-12(10-16(13)20-14)15-6-4-5-9-19-15/h4-8,10H,3,9H2,1-2H3. The van der Waals surface area contributed by atoms with Crippen LogP contribution in [0.1, 0.15) is 22.9 Å². The molecular formula is C17H16OS2. The lowest BCUT2D eigenvalue weighted by Crippen LogP contribution is -2.07. The average molecular weight is 300 g/mol. The molecule has 1 nitrogen and oxygen atoms in total. The molecule has 0 N–H and O–H groups in total. The average Bonchev–Trinajstić information content (AvgIpc) is 2.51. The molecule has 0 amide bonds. The highest BCUT2D eigenvalue weighted by molar-refractivity contribution is 8.08. The van der Waals surface area contributed by atoms with Crippen LogP contribution in [-0.2, 0) is 6.42 Å². The Morgan fingerprint density at radius 1 is 1.30 bits per heavy atom. The van der Waals surface area contributed by atoms with Crippen molar-refractivity contribution in [3.63, 3.8) is 0 Å². The van der Waals surface area contributed by atoms with E-state index >= 15 is 0 Å². The van der Waals surface area contributed by atoms with Gasteiger partial charge in [0.25, 0.3) is 0 Å². The van der Waals surface area contributed by atoms with Crippen molar-refractivity contribution in [3.05, 3.63) is 62.7 Å². The number of thioether (sulfide) groups is 1.